The summed E-state index contributed by atoms with van der Waals surface area (Å²) < 4.78 is 0. The van der Waals surface area contributed by atoms with E-state index in [1.165, 1.54) is 6.07 Å². The van der Waals surface area contributed by atoms with Crippen LogP contribution < -0.4 is 10.3 Å². The predicted octanol–water partition coefficient (Wildman–Crippen LogP) is 4.75. The van der Waals surface area contributed by atoms with Crippen LogP contribution in [0.1, 0.15) is 34.2 Å². The van der Waals surface area contributed by atoms with Gasteiger partial charge in [-0.05, 0) is 31.0 Å². The van der Waals surface area contributed by atoms with Gasteiger partial charge in [-0.15, -0.1) is 0 Å². The van der Waals surface area contributed by atoms with E-state index in [1.54, 1.807) is 17.0 Å². The summed E-state index contributed by atoms with van der Waals surface area (Å²) in [6.07, 6.45) is 0.555. The largest absolute Gasteiger partial charge is 0.362 e. The van der Waals surface area contributed by atoms with Crippen LogP contribution in [0.2, 0.25) is 5.02 Å². The van der Waals surface area contributed by atoms with E-state index in [4.69, 9.17) is 11.6 Å². The van der Waals surface area contributed by atoms with Gasteiger partial charge in [0.05, 0.1) is 17.3 Å². The van der Waals surface area contributed by atoms with Gasteiger partial charge in [0.25, 0.3) is 5.91 Å². The van der Waals surface area contributed by atoms with Crippen molar-refractivity contribution in [1.29, 1.82) is 0 Å². The van der Waals surface area contributed by atoms with E-state index in [1.807, 2.05) is 56.3 Å². The molecule has 0 fully saturated rings. The van der Waals surface area contributed by atoms with E-state index >= 15 is 0 Å². The molecule has 0 unspecified atom stereocenters. The Balaban J connectivity index is 2.12. The average molecular weight is 381 g/mol. The number of pyridine rings is 1. The van der Waals surface area contributed by atoms with E-state index in [0.717, 1.165) is 11.3 Å². The number of halogens is 1. The lowest BCUT2D eigenvalue weighted by Gasteiger charge is -2.25. The fourth-order valence-corrected chi connectivity index (χ4v) is 3.33. The number of H-pyrrole nitrogens is 1. The molecule has 1 amide bonds. The van der Waals surface area contributed by atoms with Crippen LogP contribution in [0.25, 0.3) is 0 Å². The van der Waals surface area contributed by atoms with Gasteiger partial charge in [-0.1, -0.05) is 61.0 Å². The number of aromatic nitrogens is 1. The molecule has 5 heteroatoms. The third kappa shape index (κ3) is 4.12. The lowest BCUT2D eigenvalue weighted by molar-refractivity contribution is 0.0982. The van der Waals surface area contributed by atoms with Crippen LogP contribution in [-0.4, -0.2) is 10.9 Å². The maximum absolute atomic E-state index is 13.5. The third-order valence-corrected chi connectivity index (χ3v) is 4.70. The van der Waals surface area contributed by atoms with Crippen LogP contribution in [0, 0.1) is 6.92 Å². The summed E-state index contributed by atoms with van der Waals surface area (Å²) in [4.78, 5) is 30.8. The molecule has 1 N–H and O–H groups in total. The molecule has 1 aromatic heterocycles. The van der Waals surface area contributed by atoms with Crippen molar-refractivity contribution in [2.24, 2.45) is 0 Å². The zero-order chi connectivity index (χ0) is 19.4. The molecule has 0 bridgehead atoms. The molecular weight excluding hydrogens is 360 g/mol. The minimum absolute atomic E-state index is 0.166. The minimum atomic E-state index is -0.356. The second-order valence-corrected chi connectivity index (χ2v) is 6.76. The van der Waals surface area contributed by atoms with Crippen LogP contribution in [0.4, 0.5) is 5.69 Å². The second kappa shape index (κ2) is 8.23. The summed E-state index contributed by atoms with van der Waals surface area (Å²) in [5.41, 5.74) is 2.79. The zero-order valence-electron chi connectivity index (χ0n) is 15.3. The van der Waals surface area contributed by atoms with Gasteiger partial charge in [-0.25, -0.2) is 0 Å². The summed E-state index contributed by atoms with van der Waals surface area (Å²) in [7, 11) is 0. The van der Waals surface area contributed by atoms with Crippen molar-refractivity contribution in [3.05, 3.63) is 98.4 Å². The second-order valence-electron chi connectivity index (χ2n) is 6.35. The van der Waals surface area contributed by atoms with E-state index in [2.05, 4.69) is 4.98 Å². The molecular formula is C22H21ClN2O2. The topological polar surface area (TPSA) is 53.2 Å². The molecule has 0 radical (unpaired) electrons. The molecule has 2 aromatic carbocycles. The number of carbonyl (C=O) groups excluding carboxylic acids is 1. The average Bonchev–Trinajstić information content (AvgIpc) is 2.66. The third-order valence-electron chi connectivity index (χ3n) is 4.38. The molecule has 138 valence electrons. The van der Waals surface area contributed by atoms with Crippen molar-refractivity contribution in [2.75, 3.05) is 4.90 Å². The van der Waals surface area contributed by atoms with Crippen LogP contribution in [0.3, 0.4) is 0 Å². The number of benzene rings is 2. The lowest BCUT2D eigenvalue weighted by Crippen LogP contribution is -2.35. The van der Waals surface area contributed by atoms with Crippen LogP contribution in [0.5, 0.6) is 0 Å². The van der Waals surface area contributed by atoms with Gasteiger partial charge in [0.1, 0.15) is 5.56 Å². The molecule has 4 nitrogen and oxygen atoms in total. The number of hydrogen-bond acceptors (Lipinski definition) is 2. The number of anilines is 1. The van der Waals surface area contributed by atoms with E-state index in [-0.39, 0.29) is 16.9 Å². The maximum atomic E-state index is 13.5. The summed E-state index contributed by atoms with van der Waals surface area (Å²) in [6, 6.07) is 18.3. The fourth-order valence-electron chi connectivity index (χ4n) is 3.09. The first-order valence-electron chi connectivity index (χ1n) is 8.84. The van der Waals surface area contributed by atoms with Gasteiger partial charge in [0, 0.05) is 17.5 Å². The number of carbonyl (C=O) groups is 1. The van der Waals surface area contributed by atoms with Crippen molar-refractivity contribution >= 4 is 23.2 Å². The first kappa shape index (κ1) is 18.9. The van der Waals surface area contributed by atoms with E-state index in [9.17, 15) is 9.59 Å². The normalized spacial score (nSPS) is 10.6. The molecule has 0 spiro atoms. The monoisotopic (exact) mass is 380 g/mol. The van der Waals surface area contributed by atoms with Crippen molar-refractivity contribution in [3.63, 3.8) is 0 Å². The molecule has 0 aliphatic rings. The Morgan fingerprint density at radius 2 is 1.74 bits per heavy atom. The predicted molar refractivity (Wildman–Crippen MR) is 110 cm³/mol. The van der Waals surface area contributed by atoms with Crippen molar-refractivity contribution < 1.29 is 4.79 Å². The van der Waals surface area contributed by atoms with Crippen molar-refractivity contribution in [1.82, 2.24) is 4.98 Å². The molecule has 1 heterocycles. The SMILES string of the molecule is CCc1[nH]c(C)cc(=O)c1C(=O)N(Cc1ccccc1)c1ccccc1Cl. The molecule has 27 heavy (non-hydrogen) atoms. The smallest absolute Gasteiger partial charge is 0.264 e. The number of amides is 1. The van der Waals surface area contributed by atoms with E-state index in [0.29, 0.717) is 29.4 Å². The number of para-hydroxylation sites is 1. The Morgan fingerprint density at radius 3 is 2.41 bits per heavy atom. The number of rotatable bonds is 5. The number of aryl methyl sites for hydroxylation is 2. The van der Waals surface area contributed by atoms with Crippen LogP contribution in [-0.2, 0) is 13.0 Å². The quantitative estimate of drug-likeness (QED) is 0.694. The zero-order valence-corrected chi connectivity index (χ0v) is 16.1. The summed E-state index contributed by atoms with van der Waals surface area (Å²) >= 11 is 6.38. The Bertz CT molecular complexity index is 1010. The van der Waals surface area contributed by atoms with Crippen molar-refractivity contribution in [2.45, 2.75) is 26.8 Å². The van der Waals surface area contributed by atoms with Gasteiger partial charge < -0.3 is 9.88 Å². The Kier molecular flexibility index (Phi) is 5.77. The Labute approximate surface area is 163 Å². The van der Waals surface area contributed by atoms with Crippen LogP contribution in [0.15, 0.2) is 65.5 Å². The molecule has 3 rings (SSSR count). The summed E-state index contributed by atoms with van der Waals surface area (Å²) in [5.74, 6) is -0.356. The van der Waals surface area contributed by atoms with Gasteiger partial charge in [-0.3, -0.25) is 9.59 Å². The molecule has 0 aliphatic heterocycles. The standard InChI is InChI=1S/C22H21ClN2O2/c1-3-18-21(20(26)13-15(2)24-18)22(27)25(14-16-9-5-4-6-10-16)19-12-8-7-11-17(19)23/h4-13H,3,14H2,1-2H3,(H,24,26). The highest BCUT2D eigenvalue weighted by atomic mass is 35.5. The minimum Gasteiger partial charge on any atom is -0.362 e. The maximum Gasteiger partial charge on any atom is 0.264 e. The summed E-state index contributed by atoms with van der Waals surface area (Å²) in [6.45, 7) is 4.04. The highest BCUT2D eigenvalue weighted by molar-refractivity contribution is 6.34. The number of nitrogens with zero attached hydrogens (tertiary/aromatic N) is 1. The van der Waals surface area contributed by atoms with Crippen LogP contribution >= 0.6 is 11.6 Å². The molecule has 0 atom stereocenters. The number of hydrogen-bond donors (Lipinski definition) is 1. The molecule has 0 saturated heterocycles. The first-order valence-corrected chi connectivity index (χ1v) is 9.22. The molecule has 0 saturated carbocycles. The summed E-state index contributed by atoms with van der Waals surface area (Å²) in [5, 5.41) is 0.461. The van der Waals surface area contributed by atoms with Gasteiger partial charge in [0.15, 0.2) is 5.43 Å². The number of nitrogens with one attached hydrogen (secondary N) is 1. The molecule has 3 aromatic rings. The first-order chi connectivity index (χ1) is 13.0. The van der Waals surface area contributed by atoms with Gasteiger partial charge in [0.2, 0.25) is 0 Å². The highest BCUT2D eigenvalue weighted by Crippen LogP contribution is 2.28. The Hall–Kier alpha value is -2.85. The van der Waals surface area contributed by atoms with Gasteiger partial charge >= 0.3 is 0 Å². The highest BCUT2D eigenvalue weighted by Gasteiger charge is 2.25. The number of aromatic amines is 1. The van der Waals surface area contributed by atoms with E-state index < -0.39 is 0 Å². The molecule has 0 aliphatic carbocycles. The van der Waals surface area contributed by atoms with Crippen molar-refractivity contribution in [3.8, 4) is 0 Å². The lowest BCUT2D eigenvalue weighted by atomic mass is 10.1. The fraction of sp³-hybridized carbons (Fsp3) is 0.182. The van der Waals surface area contributed by atoms with Gasteiger partial charge in [-0.2, -0.15) is 0 Å². The Morgan fingerprint density at radius 1 is 1.07 bits per heavy atom.